The summed E-state index contributed by atoms with van der Waals surface area (Å²) in [5.41, 5.74) is 1.50. The van der Waals surface area contributed by atoms with Gasteiger partial charge in [-0.25, -0.2) is 0 Å². The van der Waals surface area contributed by atoms with Crippen LogP contribution in [0.1, 0.15) is 5.56 Å². The molecule has 0 aliphatic rings. The molecule has 18 heavy (non-hydrogen) atoms. The van der Waals surface area contributed by atoms with E-state index in [9.17, 15) is 4.79 Å². The van der Waals surface area contributed by atoms with Crippen LogP contribution in [0.2, 0.25) is 10.0 Å². The van der Waals surface area contributed by atoms with Gasteiger partial charge in [0.25, 0.3) is 0 Å². The summed E-state index contributed by atoms with van der Waals surface area (Å²) in [4.78, 5) is 11.7. The largest absolute Gasteiger partial charge is 0.321 e. The van der Waals surface area contributed by atoms with Gasteiger partial charge in [0, 0.05) is 11.1 Å². The number of hydrogen-bond acceptors (Lipinski definition) is 2. The zero-order valence-electron chi connectivity index (χ0n) is 9.19. The molecule has 0 bridgehead atoms. The first-order valence-corrected chi connectivity index (χ1v) is 6.81. The number of halogens is 2. The van der Waals surface area contributed by atoms with Gasteiger partial charge in [-0.1, -0.05) is 23.2 Å². The molecule has 0 spiro atoms. The van der Waals surface area contributed by atoms with Gasteiger partial charge < -0.3 is 5.32 Å². The normalized spacial score (nSPS) is 10.8. The van der Waals surface area contributed by atoms with Gasteiger partial charge in [-0.15, -0.1) is 0 Å². The standard InChI is InChI=1S/C13H9Cl2NOS/c14-10-2-3-11(15)12(7-10)16-13(17)4-1-9-5-6-18-8-9/h1-8H,(H,16,17)/b4-1+. The van der Waals surface area contributed by atoms with Crippen molar-refractivity contribution in [3.05, 3.63) is 56.7 Å². The SMILES string of the molecule is O=C(/C=C/c1ccsc1)Nc1cc(Cl)ccc1Cl. The highest BCUT2D eigenvalue weighted by atomic mass is 35.5. The van der Waals surface area contributed by atoms with Crippen molar-refractivity contribution in [2.45, 2.75) is 0 Å². The summed E-state index contributed by atoms with van der Waals surface area (Å²) in [6.45, 7) is 0. The van der Waals surface area contributed by atoms with Gasteiger partial charge in [-0.3, -0.25) is 4.79 Å². The summed E-state index contributed by atoms with van der Waals surface area (Å²) in [6, 6.07) is 6.85. The Morgan fingerprint density at radius 2 is 2.11 bits per heavy atom. The predicted octanol–water partition coefficient (Wildman–Crippen LogP) is 4.71. The van der Waals surface area contributed by atoms with E-state index >= 15 is 0 Å². The van der Waals surface area contributed by atoms with Gasteiger partial charge in [-0.2, -0.15) is 11.3 Å². The highest BCUT2D eigenvalue weighted by molar-refractivity contribution is 7.08. The highest BCUT2D eigenvalue weighted by Gasteiger charge is 2.03. The van der Waals surface area contributed by atoms with E-state index in [2.05, 4.69) is 5.32 Å². The molecule has 0 saturated carbocycles. The van der Waals surface area contributed by atoms with Gasteiger partial charge >= 0.3 is 0 Å². The number of hydrogen-bond donors (Lipinski definition) is 1. The summed E-state index contributed by atoms with van der Waals surface area (Å²) in [6.07, 6.45) is 3.20. The smallest absolute Gasteiger partial charge is 0.248 e. The fraction of sp³-hybridized carbons (Fsp3) is 0. The van der Waals surface area contributed by atoms with E-state index in [1.54, 1.807) is 35.6 Å². The van der Waals surface area contributed by atoms with Crippen LogP contribution < -0.4 is 5.32 Å². The summed E-state index contributed by atoms with van der Waals surface area (Å²) < 4.78 is 0. The third kappa shape index (κ3) is 3.60. The number of amides is 1. The molecule has 0 radical (unpaired) electrons. The molecule has 0 atom stereocenters. The summed E-state index contributed by atoms with van der Waals surface area (Å²) in [5.74, 6) is -0.245. The maximum atomic E-state index is 11.7. The molecule has 0 saturated heterocycles. The number of benzene rings is 1. The minimum Gasteiger partial charge on any atom is -0.321 e. The molecule has 2 nitrogen and oxygen atoms in total. The number of anilines is 1. The van der Waals surface area contributed by atoms with Gasteiger partial charge in [0.05, 0.1) is 10.7 Å². The number of thiophene rings is 1. The van der Waals surface area contributed by atoms with Crippen LogP contribution in [0.25, 0.3) is 6.08 Å². The van der Waals surface area contributed by atoms with E-state index in [1.165, 1.54) is 6.08 Å². The molecule has 1 heterocycles. The first-order chi connectivity index (χ1) is 8.65. The zero-order valence-corrected chi connectivity index (χ0v) is 11.5. The van der Waals surface area contributed by atoms with E-state index in [0.717, 1.165) is 5.56 Å². The molecule has 5 heteroatoms. The molecule has 92 valence electrons. The van der Waals surface area contributed by atoms with Crippen molar-refractivity contribution in [3.8, 4) is 0 Å². The topological polar surface area (TPSA) is 29.1 Å². The van der Waals surface area contributed by atoms with Crippen LogP contribution in [0.15, 0.2) is 41.1 Å². The predicted molar refractivity (Wildman–Crippen MR) is 78.4 cm³/mol. The van der Waals surface area contributed by atoms with Gasteiger partial charge in [0.2, 0.25) is 5.91 Å². The monoisotopic (exact) mass is 297 g/mol. The Morgan fingerprint density at radius 3 is 2.83 bits per heavy atom. The second-order valence-corrected chi connectivity index (χ2v) is 5.13. The van der Waals surface area contributed by atoms with E-state index in [-0.39, 0.29) is 5.91 Å². The van der Waals surface area contributed by atoms with E-state index in [1.807, 2.05) is 16.8 Å². The molecule has 0 aliphatic heterocycles. The summed E-state index contributed by atoms with van der Waals surface area (Å²) in [5, 5.41) is 7.56. The van der Waals surface area contributed by atoms with Crippen molar-refractivity contribution >= 4 is 52.2 Å². The molecule has 1 amide bonds. The minimum absolute atomic E-state index is 0.245. The van der Waals surface area contributed by atoms with Gasteiger partial charge in [0.15, 0.2) is 0 Å². The second-order valence-electron chi connectivity index (χ2n) is 3.50. The van der Waals surface area contributed by atoms with Crippen molar-refractivity contribution in [1.82, 2.24) is 0 Å². The van der Waals surface area contributed by atoms with Gasteiger partial charge in [0.1, 0.15) is 0 Å². The van der Waals surface area contributed by atoms with Crippen LogP contribution in [0.5, 0.6) is 0 Å². The Hall–Kier alpha value is -1.29. The molecule has 0 fully saturated rings. The van der Waals surface area contributed by atoms with Crippen LogP contribution in [0.4, 0.5) is 5.69 Å². The third-order valence-corrected chi connectivity index (χ3v) is 3.42. The second kappa shape index (κ2) is 6.05. The Morgan fingerprint density at radius 1 is 1.28 bits per heavy atom. The number of rotatable bonds is 3. The molecule has 1 aromatic heterocycles. The Bertz CT molecular complexity index is 579. The maximum Gasteiger partial charge on any atom is 0.248 e. The maximum absolute atomic E-state index is 11.7. The lowest BCUT2D eigenvalue weighted by Gasteiger charge is -2.04. The molecule has 0 aliphatic carbocycles. The molecular weight excluding hydrogens is 289 g/mol. The lowest BCUT2D eigenvalue weighted by Crippen LogP contribution is -2.08. The average molecular weight is 298 g/mol. The van der Waals surface area contributed by atoms with E-state index in [4.69, 9.17) is 23.2 Å². The molecule has 1 N–H and O–H groups in total. The fourth-order valence-electron chi connectivity index (χ4n) is 1.31. The zero-order chi connectivity index (χ0) is 13.0. The van der Waals surface area contributed by atoms with Crippen LogP contribution in [-0.2, 0) is 4.79 Å². The van der Waals surface area contributed by atoms with Crippen molar-refractivity contribution < 1.29 is 4.79 Å². The molecule has 2 rings (SSSR count). The highest BCUT2D eigenvalue weighted by Crippen LogP contribution is 2.25. The number of carbonyl (C=O) groups is 1. The Labute approximate surface area is 119 Å². The number of carbonyl (C=O) groups excluding carboxylic acids is 1. The van der Waals surface area contributed by atoms with Crippen LogP contribution in [0, 0.1) is 0 Å². The Balaban J connectivity index is 2.05. The lowest BCUT2D eigenvalue weighted by atomic mass is 10.3. The number of nitrogens with one attached hydrogen (secondary N) is 1. The van der Waals surface area contributed by atoms with Crippen LogP contribution in [0.3, 0.4) is 0 Å². The average Bonchev–Trinajstić information content (AvgIpc) is 2.84. The van der Waals surface area contributed by atoms with Gasteiger partial charge in [-0.05, 0) is 46.7 Å². The van der Waals surface area contributed by atoms with Crippen molar-refractivity contribution in [2.75, 3.05) is 5.32 Å². The van der Waals surface area contributed by atoms with Crippen LogP contribution >= 0.6 is 34.5 Å². The first kappa shape index (κ1) is 13.1. The molecule has 2 aromatic rings. The third-order valence-electron chi connectivity index (χ3n) is 2.16. The quantitative estimate of drug-likeness (QED) is 0.817. The fourth-order valence-corrected chi connectivity index (χ4v) is 2.27. The molecular formula is C13H9Cl2NOS. The summed E-state index contributed by atoms with van der Waals surface area (Å²) in [7, 11) is 0. The van der Waals surface area contributed by atoms with Crippen molar-refractivity contribution in [3.63, 3.8) is 0 Å². The van der Waals surface area contributed by atoms with Crippen molar-refractivity contribution in [1.29, 1.82) is 0 Å². The molecule has 1 aromatic carbocycles. The molecule has 0 unspecified atom stereocenters. The van der Waals surface area contributed by atoms with E-state index in [0.29, 0.717) is 15.7 Å². The van der Waals surface area contributed by atoms with E-state index < -0.39 is 0 Å². The van der Waals surface area contributed by atoms with Crippen molar-refractivity contribution in [2.24, 2.45) is 0 Å². The lowest BCUT2D eigenvalue weighted by molar-refractivity contribution is -0.111. The minimum atomic E-state index is -0.245. The first-order valence-electron chi connectivity index (χ1n) is 5.11. The van der Waals surface area contributed by atoms with Crippen LogP contribution in [-0.4, -0.2) is 5.91 Å². The summed E-state index contributed by atoms with van der Waals surface area (Å²) >= 11 is 13.4. The Kier molecular flexibility index (Phi) is 4.42.